The van der Waals surface area contributed by atoms with Crippen molar-refractivity contribution in [2.24, 2.45) is 0 Å². The number of carbonyl (C=O) groups is 1. The van der Waals surface area contributed by atoms with Crippen molar-refractivity contribution in [2.45, 2.75) is 13.0 Å². The topological polar surface area (TPSA) is 62.9 Å². The van der Waals surface area contributed by atoms with Gasteiger partial charge < -0.3 is 14.3 Å². The van der Waals surface area contributed by atoms with Gasteiger partial charge in [0.15, 0.2) is 0 Å². The summed E-state index contributed by atoms with van der Waals surface area (Å²) in [5.41, 5.74) is 0.203. The van der Waals surface area contributed by atoms with Crippen LogP contribution in [0.1, 0.15) is 16.1 Å². The predicted octanol–water partition coefficient (Wildman–Crippen LogP) is 1.13. The lowest BCUT2D eigenvalue weighted by Gasteiger charge is -2.19. The second-order valence-electron chi connectivity index (χ2n) is 3.60. The minimum absolute atomic E-state index is 0.0162. The number of ether oxygens (including phenoxy) is 1. The minimum Gasteiger partial charge on any atom is -0.467 e. The lowest BCUT2D eigenvalue weighted by Crippen LogP contribution is -2.31. The second kappa shape index (κ2) is 7.07. The van der Waals surface area contributed by atoms with Crippen LogP contribution in [-0.2, 0) is 11.3 Å². The van der Waals surface area contributed by atoms with Crippen molar-refractivity contribution in [3.05, 3.63) is 23.7 Å². The number of esters is 1. The Kier molecular flexibility index (Phi) is 5.73. The molecule has 0 bridgehead atoms. The third kappa shape index (κ3) is 4.08. The highest BCUT2D eigenvalue weighted by molar-refractivity contribution is 5.90. The van der Waals surface area contributed by atoms with Gasteiger partial charge in [-0.1, -0.05) is 0 Å². The quantitative estimate of drug-likeness (QED) is 0.747. The van der Waals surface area contributed by atoms with E-state index in [1.807, 2.05) is 0 Å². The number of carbonyl (C=O) groups excluding carboxylic acids is 1. The van der Waals surface area contributed by atoms with E-state index in [0.29, 0.717) is 0 Å². The summed E-state index contributed by atoms with van der Waals surface area (Å²) in [6.07, 6.45) is -1.23. The molecule has 0 atom stereocenters. The summed E-state index contributed by atoms with van der Waals surface area (Å²) in [7, 11) is 1.23. The zero-order valence-corrected chi connectivity index (χ0v) is 9.94. The Hall–Kier alpha value is -1.47. The number of hydrogen-bond acceptors (Lipinski definition) is 5. The molecule has 0 aliphatic carbocycles. The number of hydrogen-bond donors (Lipinski definition) is 1. The van der Waals surface area contributed by atoms with E-state index in [9.17, 15) is 13.6 Å². The average Bonchev–Trinajstić information content (AvgIpc) is 2.75. The van der Waals surface area contributed by atoms with Crippen LogP contribution >= 0.6 is 0 Å². The lowest BCUT2D eigenvalue weighted by atomic mass is 10.2. The lowest BCUT2D eigenvalue weighted by molar-refractivity contribution is 0.0588. The zero-order valence-electron chi connectivity index (χ0n) is 9.94. The largest absolute Gasteiger partial charge is 0.467 e. The van der Waals surface area contributed by atoms with Crippen molar-refractivity contribution >= 4 is 5.97 Å². The minimum atomic E-state index is -2.52. The van der Waals surface area contributed by atoms with Crippen LogP contribution in [-0.4, -0.2) is 49.2 Å². The number of aliphatic hydroxyl groups excluding tert-OH is 1. The number of rotatable bonds is 7. The van der Waals surface area contributed by atoms with E-state index in [-0.39, 0.29) is 31.0 Å². The fourth-order valence-electron chi connectivity index (χ4n) is 1.53. The molecule has 1 aromatic heterocycles. The van der Waals surface area contributed by atoms with Crippen molar-refractivity contribution in [1.82, 2.24) is 4.90 Å². The molecule has 0 radical (unpaired) electrons. The number of alkyl halides is 2. The van der Waals surface area contributed by atoms with Gasteiger partial charge in [0, 0.05) is 6.54 Å². The van der Waals surface area contributed by atoms with E-state index in [4.69, 9.17) is 9.52 Å². The van der Waals surface area contributed by atoms with Crippen molar-refractivity contribution < 1.29 is 27.8 Å². The molecular formula is C11H15F2NO4. The molecule has 1 N–H and O–H groups in total. The highest BCUT2D eigenvalue weighted by Gasteiger charge is 2.19. The highest BCUT2D eigenvalue weighted by atomic mass is 19.3. The van der Waals surface area contributed by atoms with E-state index in [1.165, 1.54) is 24.3 Å². The Morgan fingerprint density at radius 2 is 2.33 bits per heavy atom. The molecule has 7 heteroatoms. The molecule has 102 valence electrons. The molecule has 0 fully saturated rings. The summed E-state index contributed by atoms with van der Waals surface area (Å²) in [5.74, 6) is -0.337. The van der Waals surface area contributed by atoms with E-state index < -0.39 is 18.9 Å². The van der Waals surface area contributed by atoms with Gasteiger partial charge in [-0.3, -0.25) is 4.90 Å². The molecule has 0 amide bonds. The Morgan fingerprint density at radius 3 is 2.89 bits per heavy atom. The van der Waals surface area contributed by atoms with Gasteiger partial charge in [0.05, 0.1) is 33.1 Å². The Balaban J connectivity index is 2.74. The molecule has 0 aromatic carbocycles. The number of aliphatic hydroxyl groups is 1. The van der Waals surface area contributed by atoms with Crippen LogP contribution in [0, 0.1) is 0 Å². The van der Waals surface area contributed by atoms with Gasteiger partial charge in [-0.2, -0.15) is 0 Å². The van der Waals surface area contributed by atoms with Crippen molar-refractivity contribution in [2.75, 3.05) is 26.8 Å². The molecule has 5 nitrogen and oxygen atoms in total. The molecule has 0 saturated carbocycles. The predicted molar refractivity (Wildman–Crippen MR) is 58.4 cm³/mol. The zero-order chi connectivity index (χ0) is 13.5. The van der Waals surface area contributed by atoms with Gasteiger partial charge in [-0.15, -0.1) is 0 Å². The van der Waals surface area contributed by atoms with Crippen molar-refractivity contribution in [3.8, 4) is 0 Å². The third-order valence-corrected chi connectivity index (χ3v) is 2.33. The Labute approximate surface area is 103 Å². The molecule has 1 aromatic rings. The van der Waals surface area contributed by atoms with E-state index in [2.05, 4.69) is 4.74 Å². The summed E-state index contributed by atoms with van der Waals surface area (Å²) in [6, 6.07) is 1.42. The summed E-state index contributed by atoms with van der Waals surface area (Å²) in [5, 5.41) is 8.79. The maximum absolute atomic E-state index is 12.3. The molecule has 1 heterocycles. The van der Waals surface area contributed by atoms with Gasteiger partial charge in [0.1, 0.15) is 11.3 Å². The fourth-order valence-corrected chi connectivity index (χ4v) is 1.53. The van der Waals surface area contributed by atoms with Gasteiger partial charge in [-0.05, 0) is 6.07 Å². The number of nitrogens with zero attached hydrogens (tertiary/aromatic N) is 1. The molecule has 0 aliphatic rings. The number of halogens is 2. The van der Waals surface area contributed by atoms with Gasteiger partial charge >= 0.3 is 5.97 Å². The fraction of sp³-hybridized carbons (Fsp3) is 0.545. The van der Waals surface area contributed by atoms with Crippen LogP contribution in [0.15, 0.2) is 16.7 Å². The summed E-state index contributed by atoms with van der Waals surface area (Å²) in [6.45, 7) is -0.656. The van der Waals surface area contributed by atoms with Crippen LogP contribution in [0.5, 0.6) is 0 Å². The SMILES string of the molecule is COC(=O)c1ccoc1CN(CCO)CC(F)F. The van der Waals surface area contributed by atoms with E-state index >= 15 is 0 Å². The maximum Gasteiger partial charge on any atom is 0.341 e. The van der Waals surface area contributed by atoms with Crippen LogP contribution in [0.25, 0.3) is 0 Å². The van der Waals surface area contributed by atoms with Crippen LogP contribution < -0.4 is 0 Å². The standard InChI is InChI=1S/C11H15F2NO4/c1-17-11(16)8-2-5-18-9(8)6-14(3-4-15)7-10(12)13/h2,5,10,15H,3-4,6-7H2,1H3. The number of furan rings is 1. The Bertz CT molecular complexity index is 381. The first-order valence-electron chi connectivity index (χ1n) is 5.34. The molecule has 0 spiro atoms. The molecular weight excluding hydrogens is 248 g/mol. The molecule has 0 aliphatic heterocycles. The highest BCUT2D eigenvalue weighted by Crippen LogP contribution is 2.15. The van der Waals surface area contributed by atoms with Crippen LogP contribution in [0.4, 0.5) is 8.78 Å². The van der Waals surface area contributed by atoms with E-state index in [0.717, 1.165) is 0 Å². The van der Waals surface area contributed by atoms with Gasteiger partial charge in [0.25, 0.3) is 6.43 Å². The molecule has 0 unspecified atom stereocenters. The Morgan fingerprint density at radius 1 is 1.61 bits per heavy atom. The normalized spacial score (nSPS) is 11.2. The summed E-state index contributed by atoms with van der Waals surface area (Å²) >= 11 is 0. The first-order valence-corrected chi connectivity index (χ1v) is 5.34. The van der Waals surface area contributed by atoms with Gasteiger partial charge in [0.2, 0.25) is 0 Å². The number of methoxy groups -OCH3 is 1. The summed E-state index contributed by atoms with van der Waals surface area (Å²) in [4.78, 5) is 12.7. The van der Waals surface area contributed by atoms with Crippen molar-refractivity contribution in [3.63, 3.8) is 0 Å². The van der Waals surface area contributed by atoms with Gasteiger partial charge in [-0.25, -0.2) is 13.6 Å². The monoisotopic (exact) mass is 263 g/mol. The molecule has 18 heavy (non-hydrogen) atoms. The van der Waals surface area contributed by atoms with Crippen molar-refractivity contribution in [1.29, 1.82) is 0 Å². The van der Waals surface area contributed by atoms with E-state index in [1.54, 1.807) is 0 Å². The maximum atomic E-state index is 12.3. The summed E-state index contributed by atoms with van der Waals surface area (Å²) < 4.78 is 34.3. The smallest absolute Gasteiger partial charge is 0.341 e. The first-order chi connectivity index (χ1) is 8.58. The van der Waals surface area contributed by atoms with Crippen LogP contribution in [0.3, 0.4) is 0 Å². The second-order valence-corrected chi connectivity index (χ2v) is 3.60. The molecule has 0 saturated heterocycles. The first kappa shape index (κ1) is 14.6. The average molecular weight is 263 g/mol. The third-order valence-electron chi connectivity index (χ3n) is 2.33. The molecule has 1 rings (SSSR count). The van der Waals surface area contributed by atoms with Crippen LogP contribution in [0.2, 0.25) is 0 Å².